The van der Waals surface area contributed by atoms with Gasteiger partial charge in [0.1, 0.15) is 6.33 Å². The number of aryl methyl sites for hydroxylation is 1. The van der Waals surface area contributed by atoms with E-state index < -0.39 is 0 Å². The van der Waals surface area contributed by atoms with Crippen LogP contribution in [-0.2, 0) is 0 Å². The number of hydrogen-bond acceptors (Lipinski definition) is 3. The topological polar surface area (TPSA) is 59.3 Å². The summed E-state index contributed by atoms with van der Waals surface area (Å²) in [4.78, 5) is 12.3. The van der Waals surface area contributed by atoms with Gasteiger partial charge in [0, 0.05) is 16.2 Å². The van der Waals surface area contributed by atoms with Gasteiger partial charge in [0.2, 0.25) is 0 Å². The maximum Gasteiger partial charge on any atom is 0.256 e. The van der Waals surface area contributed by atoms with Gasteiger partial charge in [-0.25, -0.2) is 0 Å². The minimum atomic E-state index is -0.161. The zero-order chi connectivity index (χ0) is 14.1. The Morgan fingerprint density at radius 2 is 2.15 bits per heavy atom. The lowest BCUT2D eigenvalue weighted by Gasteiger charge is -2.08. The molecule has 5 nitrogen and oxygen atoms in total. The van der Waals surface area contributed by atoms with Crippen LogP contribution >= 0.6 is 15.9 Å². The van der Waals surface area contributed by atoms with E-state index in [2.05, 4.69) is 31.4 Å². The molecule has 0 aliphatic heterocycles. The first-order valence-corrected chi connectivity index (χ1v) is 6.80. The number of halogens is 1. The van der Waals surface area contributed by atoms with E-state index in [1.165, 1.54) is 0 Å². The molecule has 20 heavy (non-hydrogen) atoms. The minimum Gasteiger partial charge on any atom is -0.319 e. The van der Waals surface area contributed by atoms with E-state index in [1.54, 1.807) is 22.9 Å². The first-order chi connectivity index (χ1) is 9.65. The standard InChI is InChI=1S/C14H11BrN4O/c1-9-4-2-3-5-11(9)14(20)17-12-6-10(15)7-19-8-16-18-13(12)19/h2-8H,1H3,(H,17,20). The first-order valence-electron chi connectivity index (χ1n) is 6.01. The molecule has 0 fully saturated rings. The number of carbonyl (C=O) groups is 1. The van der Waals surface area contributed by atoms with Crippen molar-refractivity contribution in [2.24, 2.45) is 0 Å². The lowest BCUT2D eigenvalue weighted by atomic mass is 10.1. The molecule has 0 saturated carbocycles. The number of anilines is 1. The van der Waals surface area contributed by atoms with Gasteiger partial charge in [0.25, 0.3) is 5.91 Å². The summed E-state index contributed by atoms with van der Waals surface area (Å²) in [6, 6.07) is 9.25. The SMILES string of the molecule is Cc1ccccc1C(=O)Nc1cc(Br)cn2cnnc12. The van der Waals surface area contributed by atoms with E-state index in [0.717, 1.165) is 10.0 Å². The molecule has 0 radical (unpaired) electrons. The van der Waals surface area contributed by atoms with Crippen LogP contribution in [0.3, 0.4) is 0 Å². The zero-order valence-electron chi connectivity index (χ0n) is 10.7. The summed E-state index contributed by atoms with van der Waals surface area (Å²) >= 11 is 3.40. The van der Waals surface area contributed by atoms with Crippen LogP contribution in [0.25, 0.3) is 5.65 Å². The second-order valence-electron chi connectivity index (χ2n) is 4.40. The van der Waals surface area contributed by atoms with E-state index in [1.807, 2.05) is 31.3 Å². The lowest BCUT2D eigenvalue weighted by molar-refractivity contribution is 0.102. The van der Waals surface area contributed by atoms with E-state index in [9.17, 15) is 4.79 Å². The van der Waals surface area contributed by atoms with Crippen LogP contribution in [0.4, 0.5) is 5.69 Å². The maximum absolute atomic E-state index is 12.3. The molecule has 1 amide bonds. The van der Waals surface area contributed by atoms with E-state index in [-0.39, 0.29) is 5.91 Å². The van der Waals surface area contributed by atoms with Gasteiger partial charge in [-0.1, -0.05) is 18.2 Å². The molecule has 3 rings (SSSR count). The zero-order valence-corrected chi connectivity index (χ0v) is 12.3. The summed E-state index contributed by atoms with van der Waals surface area (Å²) in [5.41, 5.74) is 2.79. The average molecular weight is 331 g/mol. The molecule has 0 saturated heterocycles. The maximum atomic E-state index is 12.3. The average Bonchev–Trinajstić information content (AvgIpc) is 2.87. The van der Waals surface area contributed by atoms with Crippen molar-refractivity contribution in [3.8, 4) is 0 Å². The number of amides is 1. The number of fused-ring (bicyclic) bond motifs is 1. The Hall–Kier alpha value is -2.21. The Kier molecular flexibility index (Phi) is 3.23. The molecular formula is C14H11BrN4O. The molecule has 0 atom stereocenters. The van der Waals surface area contributed by atoms with Crippen molar-refractivity contribution >= 4 is 33.2 Å². The summed E-state index contributed by atoms with van der Waals surface area (Å²) in [5.74, 6) is -0.161. The Morgan fingerprint density at radius 1 is 1.35 bits per heavy atom. The van der Waals surface area contributed by atoms with E-state index >= 15 is 0 Å². The molecule has 2 heterocycles. The summed E-state index contributed by atoms with van der Waals surface area (Å²) in [6.07, 6.45) is 3.42. The molecule has 0 aliphatic carbocycles. The normalized spacial score (nSPS) is 10.7. The van der Waals surface area contributed by atoms with Gasteiger partial charge < -0.3 is 5.32 Å². The van der Waals surface area contributed by atoms with Crippen molar-refractivity contribution in [2.45, 2.75) is 6.92 Å². The second kappa shape index (κ2) is 5.05. The van der Waals surface area contributed by atoms with Crippen molar-refractivity contribution < 1.29 is 4.79 Å². The Labute approximate surface area is 123 Å². The molecule has 2 aromatic heterocycles. The van der Waals surface area contributed by atoms with Crippen LogP contribution in [0.15, 0.2) is 47.3 Å². The number of rotatable bonds is 2. The van der Waals surface area contributed by atoms with Crippen molar-refractivity contribution in [3.05, 3.63) is 58.5 Å². The van der Waals surface area contributed by atoms with E-state index in [4.69, 9.17) is 0 Å². The summed E-state index contributed by atoms with van der Waals surface area (Å²) in [6.45, 7) is 1.91. The summed E-state index contributed by atoms with van der Waals surface area (Å²) < 4.78 is 2.59. The number of benzene rings is 1. The molecule has 1 aromatic carbocycles. The van der Waals surface area contributed by atoms with Crippen LogP contribution in [0.2, 0.25) is 0 Å². The second-order valence-corrected chi connectivity index (χ2v) is 5.32. The lowest BCUT2D eigenvalue weighted by Crippen LogP contribution is -2.14. The Balaban J connectivity index is 1.99. The quantitative estimate of drug-likeness (QED) is 0.785. The van der Waals surface area contributed by atoms with Crippen molar-refractivity contribution in [2.75, 3.05) is 5.32 Å². The van der Waals surface area contributed by atoms with Crippen molar-refractivity contribution in [3.63, 3.8) is 0 Å². The molecule has 0 unspecified atom stereocenters. The highest BCUT2D eigenvalue weighted by atomic mass is 79.9. The van der Waals surface area contributed by atoms with Crippen LogP contribution in [0.5, 0.6) is 0 Å². The van der Waals surface area contributed by atoms with E-state index in [0.29, 0.717) is 16.9 Å². The van der Waals surface area contributed by atoms with Crippen molar-refractivity contribution in [1.82, 2.24) is 14.6 Å². The highest BCUT2D eigenvalue weighted by Crippen LogP contribution is 2.21. The van der Waals surface area contributed by atoms with Gasteiger partial charge in [0.15, 0.2) is 5.65 Å². The fourth-order valence-corrected chi connectivity index (χ4v) is 2.46. The van der Waals surface area contributed by atoms with Gasteiger partial charge >= 0.3 is 0 Å². The number of nitrogens with zero attached hydrogens (tertiary/aromatic N) is 3. The monoisotopic (exact) mass is 330 g/mol. The largest absolute Gasteiger partial charge is 0.319 e. The fourth-order valence-electron chi connectivity index (χ4n) is 2.01. The van der Waals surface area contributed by atoms with Gasteiger partial charge in [0.05, 0.1) is 5.69 Å². The number of carbonyl (C=O) groups excluding carboxylic acids is 1. The molecule has 100 valence electrons. The molecule has 0 bridgehead atoms. The fraction of sp³-hybridized carbons (Fsp3) is 0.0714. The molecular weight excluding hydrogens is 320 g/mol. The Morgan fingerprint density at radius 3 is 2.95 bits per heavy atom. The van der Waals surface area contributed by atoms with Crippen LogP contribution in [-0.4, -0.2) is 20.5 Å². The molecule has 6 heteroatoms. The third-order valence-corrected chi connectivity index (χ3v) is 3.43. The molecule has 3 aromatic rings. The predicted octanol–water partition coefficient (Wildman–Crippen LogP) is 3.05. The third-order valence-electron chi connectivity index (χ3n) is 3.00. The molecule has 1 N–H and O–H groups in total. The third kappa shape index (κ3) is 2.30. The van der Waals surface area contributed by atoms with Gasteiger partial charge in [-0.2, -0.15) is 0 Å². The van der Waals surface area contributed by atoms with Crippen LogP contribution < -0.4 is 5.32 Å². The highest BCUT2D eigenvalue weighted by Gasteiger charge is 2.12. The minimum absolute atomic E-state index is 0.161. The van der Waals surface area contributed by atoms with Gasteiger partial charge in [-0.3, -0.25) is 9.20 Å². The predicted molar refractivity (Wildman–Crippen MR) is 79.8 cm³/mol. The van der Waals surface area contributed by atoms with Crippen LogP contribution in [0.1, 0.15) is 15.9 Å². The molecule has 0 spiro atoms. The van der Waals surface area contributed by atoms with Gasteiger partial charge in [-0.15, -0.1) is 10.2 Å². The summed E-state index contributed by atoms with van der Waals surface area (Å²) in [5, 5.41) is 10.7. The van der Waals surface area contributed by atoms with Crippen molar-refractivity contribution in [1.29, 1.82) is 0 Å². The smallest absolute Gasteiger partial charge is 0.256 e. The number of hydrogen-bond donors (Lipinski definition) is 1. The first kappa shape index (κ1) is 12.8. The number of aromatic nitrogens is 3. The van der Waals surface area contributed by atoms with Crippen LogP contribution in [0, 0.1) is 6.92 Å². The highest BCUT2D eigenvalue weighted by molar-refractivity contribution is 9.10. The molecule has 0 aliphatic rings. The Bertz CT molecular complexity index is 797. The number of nitrogens with one attached hydrogen (secondary N) is 1. The number of pyridine rings is 1. The summed E-state index contributed by atoms with van der Waals surface area (Å²) in [7, 11) is 0. The van der Waals surface area contributed by atoms with Gasteiger partial charge in [-0.05, 0) is 40.5 Å².